The summed E-state index contributed by atoms with van der Waals surface area (Å²) in [6.45, 7) is 2.66. The second-order valence-electron chi connectivity index (χ2n) is 5.75. The average molecular weight is 339 g/mol. The minimum Gasteiger partial charge on any atom is -0.366 e. The summed E-state index contributed by atoms with van der Waals surface area (Å²) in [7, 11) is 0. The summed E-state index contributed by atoms with van der Waals surface area (Å²) in [4.78, 5) is 11.7. The number of benzene rings is 2. The van der Waals surface area contributed by atoms with Gasteiger partial charge in [0.2, 0.25) is 0 Å². The van der Waals surface area contributed by atoms with Gasteiger partial charge in [-0.15, -0.1) is 0 Å². The van der Waals surface area contributed by atoms with Crippen molar-refractivity contribution in [1.29, 1.82) is 0 Å². The van der Waals surface area contributed by atoms with Crippen LogP contribution < -0.4 is 5.73 Å². The summed E-state index contributed by atoms with van der Waals surface area (Å²) in [5, 5.41) is 0.763. The van der Waals surface area contributed by atoms with Crippen LogP contribution in [0.1, 0.15) is 21.6 Å². The Hall–Kier alpha value is -2.52. The summed E-state index contributed by atoms with van der Waals surface area (Å²) in [6.07, 6.45) is 0.785. The number of halogens is 1. The Morgan fingerprint density at radius 3 is 2.42 bits per heavy atom. The maximum Gasteiger partial charge on any atom is 0.250 e. The molecule has 1 heterocycles. The van der Waals surface area contributed by atoms with Crippen molar-refractivity contribution in [2.45, 2.75) is 19.9 Å². The van der Waals surface area contributed by atoms with E-state index in [4.69, 9.17) is 17.3 Å². The number of aromatic nitrogens is 1. The number of amides is 1. The van der Waals surface area contributed by atoms with Crippen molar-refractivity contribution in [1.82, 2.24) is 4.57 Å². The van der Waals surface area contributed by atoms with Crippen molar-refractivity contribution in [2.24, 2.45) is 5.73 Å². The third-order valence-electron chi connectivity index (χ3n) is 4.26. The number of carbonyl (C=O) groups is 1. The SMILES string of the molecule is Cc1c(C(N)=O)cc(-c2ccccc2)n1CCc1ccccc1Cl. The van der Waals surface area contributed by atoms with Gasteiger partial charge in [-0.1, -0.05) is 60.1 Å². The molecule has 0 radical (unpaired) electrons. The Kier molecular flexibility index (Phi) is 4.72. The highest BCUT2D eigenvalue weighted by Gasteiger charge is 2.16. The Morgan fingerprint density at radius 2 is 1.75 bits per heavy atom. The molecule has 3 nitrogen and oxygen atoms in total. The van der Waals surface area contributed by atoms with E-state index in [2.05, 4.69) is 4.57 Å². The molecule has 0 bridgehead atoms. The molecule has 0 aliphatic rings. The van der Waals surface area contributed by atoms with E-state index in [-0.39, 0.29) is 0 Å². The zero-order chi connectivity index (χ0) is 17.1. The molecule has 0 saturated heterocycles. The molecule has 2 aromatic carbocycles. The van der Waals surface area contributed by atoms with Gasteiger partial charge in [-0.2, -0.15) is 0 Å². The van der Waals surface area contributed by atoms with E-state index >= 15 is 0 Å². The Bertz CT molecular complexity index is 869. The Morgan fingerprint density at radius 1 is 1.08 bits per heavy atom. The highest BCUT2D eigenvalue weighted by atomic mass is 35.5. The van der Waals surface area contributed by atoms with E-state index in [9.17, 15) is 4.79 Å². The van der Waals surface area contributed by atoms with Crippen LogP contribution in [0, 0.1) is 6.92 Å². The first-order valence-corrected chi connectivity index (χ1v) is 8.24. The molecule has 1 aromatic heterocycles. The van der Waals surface area contributed by atoms with E-state index in [1.165, 1.54) is 0 Å². The molecule has 24 heavy (non-hydrogen) atoms. The molecule has 1 amide bonds. The fourth-order valence-corrected chi connectivity index (χ4v) is 3.19. The van der Waals surface area contributed by atoms with E-state index < -0.39 is 5.91 Å². The number of nitrogens with zero attached hydrogens (tertiary/aromatic N) is 1. The van der Waals surface area contributed by atoms with Crippen LogP contribution in [0.15, 0.2) is 60.7 Å². The largest absolute Gasteiger partial charge is 0.366 e. The lowest BCUT2D eigenvalue weighted by Crippen LogP contribution is -2.13. The summed E-state index contributed by atoms with van der Waals surface area (Å²) in [5.41, 5.74) is 10.1. The minimum absolute atomic E-state index is 0.402. The number of carbonyl (C=O) groups excluding carboxylic acids is 1. The summed E-state index contributed by atoms with van der Waals surface area (Å²) in [6, 6.07) is 19.7. The topological polar surface area (TPSA) is 48.0 Å². The molecular formula is C20H19ClN2O. The molecule has 0 fully saturated rings. The number of hydrogen-bond acceptors (Lipinski definition) is 1. The molecule has 0 unspecified atom stereocenters. The third kappa shape index (κ3) is 3.22. The normalized spacial score (nSPS) is 10.8. The van der Waals surface area contributed by atoms with Crippen molar-refractivity contribution in [3.05, 3.63) is 82.5 Å². The zero-order valence-corrected chi connectivity index (χ0v) is 14.3. The first kappa shape index (κ1) is 16.3. The molecule has 0 aliphatic heterocycles. The summed E-state index contributed by atoms with van der Waals surface area (Å²) >= 11 is 6.26. The van der Waals surface area contributed by atoms with Crippen LogP contribution in [-0.4, -0.2) is 10.5 Å². The molecule has 0 saturated carbocycles. The van der Waals surface area contributed by atoms with Crippen molar-refractivity contribution < 1.29 is 4.79 Å². The van der Waals surface area contributed by atoms with Gasteiger partial charge in [0.25, 0.3) is 5.91 Å². The standard InChI is InChI=1S/C20H19ClN2O/c1-14-17(20(22)24)13-19(16-8-3-2-4-9-16)23(14)12-11-15-7-5-6-10-18(15)21/h2-10,13H,11-12H2,1H3,(H2,22,24). The number of rotatable bonds is 5. The van der Waals surface area contributed by atoms with Crippen molar-refractivity contribution in [3.63, 3.8) is 0 Å². The average Bonchev–Trinajstić information content (AvgIpc) is 2.92. The third-order valence-corrected chi connectivity index (χ3v) is 4.63. The van der Waals surface area contributed by atoms with Crippen LogP contribution in [0.3, 0.4) is 0 Å². The molecule has 122 valence electrons. The van der Waals surface area contributed by atoms with Gasteiger partial charge in [-0.3, -0.25) is 4.79 Å². The predicted octanol–water partition coefficient (Wildman–Crippen LogP) is 4.46. The van der Waals surface area contributed by atoms with Gasteiger partial charge in [0, 0.05) is 23.0 Å². The monoisotopic (exact) mass is 338 g/mol. The molecule has 0 spiro atoms. The molecule has 3 rings (SSSR count). The van der Waals surface area contributed by atoms with Crippen molar-refractivity contribution >= 4 is 17.5 Å². The zero-order valence-electron chi connectivity index (χ0n) is 13.5. The van der Waals surface area contributed by atoms with Gasteiger partial charge in [0.05, 0.1) is 5.56 Å². The quantitative estimate of drug-likeness (QED) is 0.733. The predicted molar refractivity (Wildman–Crippen MR) is 98.3 cm³/mol. The van der Waals surface area contributed by atoms with Gasteiger partial charge in [0.15, 0.2) is 0 Å². The Balaban J connectivity index is 1.99. The lowest BCUT2D eigenvalue weighted by Gasteiger charge is -2.13. The van der Waals surface area contributed by atoms with Gasteiger partial charge in [0.1, 0.15) is 0 Å². The number of aryl methyl sites for hydroxylation is 1. The van der Waals surface area contributed by atoms with E-state index in [1.807, 2.05) is 67.6 Å². The molecular weight excluding hydrogens is 320 g/mol. The summed E-state index contributed by atoms with van der Waals surface area (Å²) in [5.74, 6) is -0.402. The van der Waals surface area contributed by atoms with Crippen LogP contribution in [-0.2, 0) is 13.0 Å². The fourth-order valence-electron chi connectivity index (χ4n) is 2.96. The van der Waals surface area contributed by atoms with Crippen LogP contribution in [0.2, 0.25) is 5.02 Å². The van der Waals surface area contributed by atoms with E-state index in [1.54, 1.807) is 0 Å². The van der Waals surface area contributed by atoms with E-state index in [0.29, 0.717) is 5.56 Å². The van der Waals surface area contributed by atoms with Gasteiger partial charge in [-0.05, 0) is 36.6 Å². The van der Waals surface area contributed by atoms with Gasteiger partial charge in [-0.25, -0.2) is 0 Å². The molecule has 2 N–H and O–H groups in total. The van der Waals surface area contributed by atoms with Gasteiger partial charge < -0.3 is 10.3 Å². The summed E-state index contributed by atoms with van der Waals surface area (Å²) < 4.78 is 2.14. The molecule has 0 atom stereocenters. The molecule has 0 aliphatic carbocycles. The second-order valence-corrected chi connectivity index (χ2v) is 6.16. The van der Waals surface area contributed by atoms with Gasteiger partial charge >= 0.3 is 0 Å². The minimum atomic E-state index is -0.402. The first-order valence-electron chi connectivity index (χ1n) is 7.86. The first-order chi connectivity index (χ1) is 11.6. The Labute approximate surface area is 146 Å². The maximum atomic E-state index is 11.7. The fraction of sp³-hybridized carbons (Fsp3) is 0.150. The lowest BCUT2D eigenvalue weighted by molar-refractivity contribution is 0.0999. The van der Waals surface area contributed by atoms with Crippen LogP contribution >= 0.6 is 11.6 Å². The number of hydrogen-bond donors (Lipinski definition) is 1. The van der Waals surface area contributed by atoms with Crippen molar-refractivity contribution in [3.8, 4) is 11.3 Å². The van der Waals surface area contributed by atoms with Crippen LogP contribution in [0.4, 0.5) is 0 Å². The van der Waals surface area contributed by atoms with Crippen LogP contribution in [0.25, 0.3) is 11.3 Å². The number of primary amides is 1. The molecule has 4 heteroatoms. The maximum absolute atomic E-state index is 11.7. The highest BCUT2D eigenvalue weighted by Crippen LogP contribution is 2.27. The van der Waals surface area contributed by atoms with E-state index in [0.717, 1.165) is 40.5 Å². The highest BCUT2D eigenvalue weighted by molar-refractivity contribution is 6.31. The van der Waals surface area contributed by atoms with Crippen LogP contribution in [0.5, 0.6) is 0 Å². The smallest absolute Gasteiger partial charge is 0.250 e. The second kappa shape index (κ2) is 6.93. The lowest BCUT2D eigenvalue weighted by atomic mass is 10.1. The number of nitrogens with two attached hydrogens (primary N) is 1. The molecule has 3 aromatic rings. The van der Waals surface area contributed by atoms with Crippen molar-refractivity contribution in [2.75, 3.05) is 0 Å².